The van der Waals surface area contributed by atoms with Crippen molar-refractivity contribution in [2.75, 3.05) is 5.32 Å². The van der Waals surface area contributed by atoms with Crippen LogP contribution in [-0.2, 0) is 17.6 Å². The second-order valence-electron chi connectivity index (χ2n) is 4.68. The summed E-state index contributed by atoms with van der Waals surface area (Å²) in [6.45, 7) is 2.04. The van der Waals surface area contributed by atoms with Gasteiger partial charge in [-0.05, 0) is 61.1 Å². The monoisotopic (exact) mass is 254 g/mol. The molecular formula is C16H18N2O. The molecule has 0 spiro atoms. The SMILES string of the molecule is Cc1cc(CCCc2cccnc2)cc(NC=O)c1. The van der Waals surface area contributed by atoms with Crippen LogP contribution in [0.15, 0.2) is 42.7 Å². The zero-order valence-corrected chi connectivity index (χ0v) is 11.1. The smallest absolute Gasteiger partial charge is 0.211 e. The number of amides is 1. The van der Waals surface area contributed by atoms with E-state index in [2.05, 4.69) is 22.4 Å². The van der Waals surface area contributed by atoms with Crippen molar-refractivity contribution in [3.05, 3.63) is 59.4 Å². The summed E-state index contributed by atoms with van der Waals surface area (Å²) >= 11 is 0. The summed E-state index contributed by atoms with van der Waals surface area (Å²) in [4.78, 5) is 14.6. The summed E-state index contributed by atoms with van der Waals surface area (Å²) in [5, 5.41) is 2.71. The Balaban J connectivity index is 1.94. The summed E-state index contributed by atoms with van der Waals surface area (Å²) in [7, 11) is 0. The van der Waals surface area contributed by atoms with Crippen molar-refractivity contribution in [3.8, 4) is 0 Å². The van der Waals surface area contributed by atoms with Crippen LogP contribution in [0.25, 0.3) is 0 Å². The molecule has 3 heteroatoms. The molecule has 1 amide bonds. The Morgan fingerprint density at radius 2 is 2.05 bits per heavy atom. The number of aryl methyl sites for hydroxylation is 3. The van der Waals surface area contributed by atoms with Gasteiger partial charge < -0.3 is 5.32 Å². The summed E-state index contributed by atoms with van der Waals surface area (Å²) in [6, 6.07) is 10.2. The second-order valence-corrected chi connectivity index (χ2v) is 4.68. The highest BCUT2D eigenvalue weighted by atomic mass is 16.1. The number of nitrogens with one attached hydrogen (secondary N) is 1. The zero-order chi connectivity index (χ0) is 13.5. The van der Waals surface area contributed by atoms with Crippen molar-refractivity contribution >= 4 is 12.1 Å². The van der Waals surface area contributed by atoms with Crippen LogP contribution in [0.3, 0.4) is 0 Å². The Bertz CT molecular complexity index is 538. The molecule has 1 aromatic carbocycles. The minimum absolute atomic E-state index is 0.716. The van der Waals surface area contributed by atoms with Gasteiger partial charge in [-0.3, -0.25) is 9.78 Å². The van der Waals surface area contributed by atoms with Crippen LogP contribution in [0.2, 0.25) is 0 Å². The van der Waals surface area contributed by atoms with E-state index in [0.717, 1.165) is 24.9 Å². The summed E-state index contributed by atoms with van der Waals surface area (Å²) in [5.41, 5.74) is 4.56. The highest BCUT2D eigenvalue weighted by Crippen LogP contribution is 2.16. The fourth-order valence-corrected chi connectivity index (χ4v) is 2.20. The molecule has 1 heterocycles. The van der Waals surface area contributed by atoms with Gasteiger partial charge in [0, 0.05) is 18.1 Å². The average molecular weight is 254 g/mol. The van der Waals surface area contributed by atoms with Crippen LogP contribution < -0.4 is 5.32 Å². The molecule has 98 valence electrons. The molecule has 0 saturated heterocycles. The second kappa shape index (κ2) is 6.69. The van der Waals surface area contributed by atoms with Gasteiger partial charge in [-0.1, -0.05) is 12.1 Å². The van der Waals surface area contributed by atoms with Crippen molar-refractivity contribution in [2.45, 2.75) is 26.2 Å². The van der Waals surface area contributed by atoms with Gasteiger partial charge in [-0.15, -0.1) is 0 Å². The molecule has 1 aromatic heterocycles. The Hall–Kier alpha value is -2.16. The number of nitrogens with zero attached hydrogens (tertiary/aromatic N) is 1. The van der Waals surface area contributed by atoms with E-state index in [-0.39, 0.29) is 0 Å². The maximum Gasteiger partial charge on any atom is 0.211 e. The lowest BCUT2D eigenvalue weighted by Gasteiger charge is -2.07. The van der Waals surface area contributed by atoms with E-state index in [1.165, 1.54) is 16.7 Å². The molecule has 0 atom stereocenters. The molecule has 2 rings (SSSR count). The number of hydrogen-bond acceptors (Lipinski definition) is 2. The van der Waals surface area contributed by atoms with Crippen LogP contribution in [0, 0.1) is 6.92 Å². The number of carbonyl (C=O) groups excluding carboxylic acids is 1. The largest absolute Gasteiger partial charge is 0.329 e. The number of rotatable bonds is 6. The first kappa shape index (κ1) is 13.3. The molecule has 0 bridgehead atoms. The molecule has 0 aliphatic carbocycles. The van der Waals surface area contributed by atoms with Crippen LogP contribution in [0.4, 0.5) is 5.69 Å². The minimum Gasteiger partial charge on any atom is -0.329 e. The number of pyridine rings is 1. The first-order valence-corrected chi connectivity index (χ1v) is 6.47. The van der Waals surface area contributed by atoms with E-state index < -0.39 is 0 Å². The van der Waals surface area contributed by atoms with Crippen LogP contribution in [0.1, 0.15) is 23.1 Å². The van der Waals surface area contributed by atoms with E-state index in [0.29, 0.717) is 6.41 Å². The third-order valence-electron chi connectivity index (χ3n) is 3.02. The third-order valence-corrected chi connectivity index (χ3v) is 3.02. The van der Waals surface area contributed by atoms with Gasteiger partial charge >= 0.3 is 0 Å². The van der Waals surface area contributed by atoms with E-state index in [9.17, 15) is 4.79 Å². The fraction of sp³-hybridized carbons (Fsp3) is 0.250. The third kappa shape index (κ3) is 4.21. The molecule has 19 heavy (non-hydrogen) atoms. The van der Waals surface area contributed by atoms with E-state index in [4.69, 9.17) is 0 Å². The maximum absolute atomic E-state index is 10.5. The van der Waals surface area contributed by atoms with Crippen LogP contribution in [-0.4, -0.2) is 11.4 Å². The summed E-state index contributed by atoms with van der Waals surface area (Å²) in [6.07, 6.45) is 7.53. The fourth-order valence-electron chi connectivity index (χ4n) is 2.20. The molecule has 0 aliphatic rings. The lowest BCUT2D eigenvalue weighted by atomic mass is 10.0. The highest BCUT2D eigenvalue weighted by Gasteiger charge is 1.99. The van der Waals surface area contributed by atoms with Gasteiger partial charge in [0.15, 0.2) is 0 Å². The van der Waals surface area contributed by atoms with Crippen molar-refractivity contribution in [1.29, 1.82) is 0 Å². The predicted molar refractivity (Wildman–Crippen MR) is 77.1 cm³/mol. The number of anilines is 1. The van der Waals surface area contributed by atoms with Gasteiger partial charge in [0.25, 0.3) is 0 Å². The average Bonchev–Trinajstić information content (AvgIpc) is 2.40. The highest BCUT2D eigenvalue weighted by molar-refractivity contribution is 5.71. The predicted octanol–water partition coefficient (Wildman–Crippen LogP) is 3.13. The first-order chi connectivity index (χ1) is 9.28. The van der Waals surface area contributed by atoms with Crippen LogP contribution in [0.5, 0.6) is 0 Å². The standard InChI is InChI=1S/C16H18N2O/c1-13-8-15(10-16(9-13)18-12-19)5-2-4-14-6-3-7-17-11-14/h3,6-12H,2,4-5H2,1H3,(H,18,19). The Kier molecular flexibility index (Phi) is 4.67. The van der Waals surface area contributed by atoms with E-state index in [1.807, 2.05) is 31.3 Å². The Labute approximate surface area is 113 Å². The molecule has 2 aromatic rings. The van der Waals surface area contributed by atoms with E-state index >= 15 is 0 Å². The van der Waals surface area contributed by atoms with Crippen molar-refractivity contribution in [3.63, 3.8) is 0 Å². The lowest BCUT2D eigenvalue weighted by Crippen LogP contribution is -1.97. The van der Waals surface area contributed by atoms with Crippen LogP contribution >= 0.6 is 0 Å². The molecular weight excluding hydrogens is 236 g/mol. The summed E-state index contributed by atoms with van der Waals surface area (Å²) in [5.74, 6) is 0. The molecule has 0 radical (unpaired) electrons. The lowest BCUT2D eigenvalue weighted by molar-refractivity contribution is -0.105. The molecule has 0 fully saturated rings. The minimum atomic E-state index is 0.716. The molecule has 0 saturated carbocycles. The van der Waals surface area contributed by atoms with Gasteiger partial charge in [-0.25, -0.2) is 0 Å². The molecule has 1 N–H and O–H groups in total. The topological polar surface area (TPSA) is 42.0 Å². The summed E-state index contributed by atoms with van der Waals surface area (Å²) < 4.78 is 0. The van der Waals surface area contributed by atoms with Crippen molar-refractivity contribution < 1.29 is 4.79 Å². The van der Waals surface area contributed by atoms with Gasteiger partial charge in [0.05, 0.1) is 0 Å². The Morgan fingerprint density at radius 1 is 1.21 bits per heavy atom. The quantitative estimate of drug-likeness (QED) is 0.805. The Morgan fingerprint density at radius 3 is 2.79 bits per heavy atom. The van der Waals surface area contributed by atoms with Crippen molar-refractivity contribution in [2.24, 2.45) is 0 Å². The van der Waals surface area contributed by atoms with Crippen molar-refractivity contribution in [1.82, 2.24) is 4.98 Å². The van der Waals surface area contributed by atoms with Gasteiger partial charge in [-0.2, -0.15) is 0 Å². The number of carbonyl (C=O) groups is 1. The first-order valence-electron chi connectivity index (χ1n) is 6.47. The van der Waals surface area contributed by atoms with E-state index in [1.54, 1.807) is 6.20 Å². The van der Waals surface area contributed by atoms with Gasteiger partial charge in [0.2, 0.25) is 6.41 Å². The zero-order valence-electron chi connectivity index (χ0n) is 11.1. The molecule has 0 aliphatic heterocycles. The number of benzene rings is 1. The van der Waals surface area contributed by atoms with Gasteiger partial charge in [0.1, 0.15) is 0 Å². The normalized spacial score (nSPS) is 10.2. The number of hydrogen-bond donors (Lipinski definition) is 1. The maximum atomic E-state index is 10.5. The molecule has 0 unspecified atom stereocenters. The number of aromatic nitrogens is 1. The molecule has 3 nitrogen and oxygen atoms in total.